The minimum atomic E-state index is -0.276. The SMILES string of the molecule is C=CC(C)ONC(=O)N1CC(C)(c2nnc(C)o2)C1. The summed E-state index contributed by atoms with van der Waals surface area (Å²) >= 11 is 0. The van der Waals surface area contributed by atoms with E-state index in [1.165, 1.54) is 0 Å². The molecule has 0 spiro atoms. The van der Waals surface area contributed by atoms with Gasteiger partial charge in [-0.3, -0.25) is 4.84 Å². The third-order valence-corrected chi connectivity index (χ3v) is 3.07. The summed E-state index contributed by atoms with van der Waals surface area (Å²) in [5, 5.41) is 7.80. The fourth-order valence-electron chi connectivity index (χ4n) is 1.87. The summed E-state index contributed by atoms with van der Waals surface area (Å²) < 4.78 is 5.41. The molecule has 19 heavy (non-hydrogen) atoms. The fourth-order valence-corrected chi connectivity index (χ4v) is 1.87. The summed E-state index contributed by atoms with van der Waals surface area (Å²) in [7, 11) is 0. The number of hydrogen-bond acceptors (Lipinski definition) is 5. The lowest BCUT2D eigenvalue weighted by atomic mass is 9.82. The Hall–Kier alpha value is -1.89. The lowest BCUT2D eigenvalue weighted by molar-refractivity contribution is 0.00139. The minimum Gasteiger partial charge on any atom is -0.425 e. The van der Waals surface area contributed by atoms with Crippen LogP contribution >= 0.6 is 0 Å². The zero-order valence-electron chi connectivity index (χ0n) is 11.3. The van der Waals surface area contributed by atoms with E-state index >= 15 is 0 Å². The molecular weight excluding hydrogens is 248 g/mol. The van der Waals surface area contributed by atoms with Gasteiger partial charge in [-0.15, -0.1) is 16.8 Å². The normalized spacial score (nSPS) is 18.6. The van der Waals surface area contributed by atoms with E-state index in [1.807, 2.05) is 6.92 Å². The van der Waals surface area contributed by atoms with Crippen LogP contribution in [0.3, 0.4) is 0 Å². The molecular formula is C12H18N4O3. The molecule has 1 aromatic heterocycles. The van der Waals surface area contributed by atoms with E-state index < -0.39 is 0 Å². The van der Waals surface area contributed by atoms with Gasteiger partial charge in [-0.05, 0) is 13.8 Å². The van der Waals surface area contributed by atoms with Crippen molar-refractivity contribution in [2.24, 2.45) is 0 Å². The molecule has 2 rings (SSSR count). The Balaban J connectivity index is 1.85. The van der Waals surface area contributed by atoms with Gasteiger partial charge in [-0.25, -0.2) is 10.3 Å². The Bertz CT molecular complexity index is 479. The van der Waals surface area contributed by atoms with Gasteiger partial charge in [-0.2, -0.15) is 0 Å². The lowest BCUT2D eigenvalue weighted by Gasteiger charge is -2.45. The van der Waals surface area contributed by atoms with Gasteiger partial charge < -0.3 is 9.32 Å². The van der Waals surface area contributed by atoms with Crippen LogP contribution in [0, 0.1) is 6.92 Å². The summed E-state index contributed by atoms with van der Waals surface area (Å²) in [6.45, 7) is 10.1. The monoisotopic (exact) mass is 266 g/mol. The van der Waals surface area contributed by atoms with Crippen molar-refractivity contribution < 1.29 is 14.0 Å². The fraction of sp³-hybridized carbons (Fsp3) is 0.583. The standard InChI is InChI=1S/C12H18N4O3/c1-5-8(2)19-15-11(17)16-6-12(4,7-16)10-14-13-9(3)18-10/h5,8H,1,6-7H2,2-4H3,(H,15,17). The van der Waals surface area contributed by atoms with E-state index in [1.54, 1.807) is 24.8 Å². The quantitative estimate of drug-likeness (QED) is 0.653. The van der Waals surface area contributed by atoms with E-state index in [2.05, 4.69) is 22.3 Å². The van der Waals surface area contributed by atoms with Crippen LogP contribution in [-0.4, -0.2) is 40.3 Å². The van der Waals surface area contributed by atoms with Crippen molar-refractivity contribution in [2.75, 3.05) is 13.1 Å². The molecule has 2 amide bonds. The average molecular weight is 266 g/mol. The predicted molar refractivity (Wildman–Crippen MR) is 67.2 cm³/mol. The maximum absolute atomic E-state index is 11.8. The maximum Gasteiger partial charge on any atom is 0.341 e. The molecule has 1 saturated heterocycles. The van der Waals surface area contributed by atoms with Gasteiger partial charge in [0.05, 0.1) is 5.41 Å². The van der Waals surface area contributed by atoms with Crippen molar-refractivity contribution in [1.29, 1.82) is 0 Å². The molecule has 1 aliphatic heterocycles. The van der Waals surface area contributed by atoms with Crippen LogP contribution in [0.2, 0.25) is 0 Å². The number of rotatable bonds is 4. The van der Waals surface area contributed by atoms with Crippen LogP contribution < -0.4 is 5.48 Å². The molecule has 7 nitrogen and oxygen atoms in total. The first kappa shape index (κ1) is 13.5. The summed E-state index contributed by atoms with van der Waals surface area (Å²) in [5.74, 6) is 1.09. The molecule has 7 heteroatoms. The molecule has 0 aromatic carbocycles. The molecule has 0 radical (unpaired) electrons. The summed E-state index contributed by atoms with van der Waals surface area (Å²) in [6, 6.07) is -0.276. The Morgan fingerprint density at radius 1 is 1.63 bits per heavy atom. The molecule has 1 atom stereocenters. The Morgan fingerprint density at radius 3 is 2.84 bits per heavy atom. The first-order valence-electron chi connectivity index (χ1n) is 6.08. The van der Waals surface area contributed by atoms with Crippen LogP contribution in [0.4, 0.5) is 4.79 Å². The van der Waals surface area contributed by atoms with Crippen molar-refractivity contribution in [2.45, 2.75) is 32.3 Å². The third-order valence-electron chi connectivity index (χ3n) is 3.07. The van der Waals surface area contributed by atoms with Crippen molar-refractivity contribution in [3.63, 3.8) is 0 Å². The summed E-state index contributed by atoms with van der Waals surface area (Å²) in [6.07, 6.45) is 1.37. The van der Waals surface area contributed by atoms with Gasteiger partial charge >= 0.3 is 6.03 Å². The van der Waals surface area contributed by atoms with Crippen molar-refractivity contribution >= 4 is 6.03 Å². The van der Waals surface area contributed by atoms with Crippen molar-refractivity contribution in [1.82, 2.24) is 20.6 Å². The van der Waals surface area contributed by atoms with Gasteiger partial charge in [0.15, 0.2) is 0 Å². The second-order valence-corrected chi connectivity index (χ2v) is 5.01. The van der Waals surface area contributed by atoms with Gasteiger partial charge in [0.25, 0.3) is 0 Å². The molecule has 104 valence electrons. The molecule has 0 aliphatic carbocycles. The summed E-state index contributed by atoms with van der Waals surface area (Å²) in [4.78, 5) is 18.5. The molecule has 1 aliphatic rings. The van der Waals surface area contributed by atoms with Gasteiger partial charge in [0, 0.05) is 20.0 Å². The second-order valence-electron chi connectivity index (χ2n) is 5.01. The zero-order chi connectivity index (χ0) is 14.0. The highest BCUT2D eigenvalue weighted by Crippen LogP contribution is 2.33. The number of aromatic nitrogens is 2. The Labute approximate surface area is 111 Å². The molecule has 2 heterocycles. The van der Waals surface area contributed by atoms with E-state index in [4.69, 9.17) is 9.25 Å². The maximum atomic E-state index is 11.8. The number of carbonyl (C=O) groups is 1. The smallest absolute Gasteiger partial charge is 0.341 e. The molecule has 1 aromatic rings. The number of likely N-dealkylation sites (tertiary alicyclic amines) is 1. The van der Waals surface area contributed by atoms with E-state index in [-0.39, 0.29) is 17.6 Å². The highest BCUT2D eigenvalue weighted by Gasteiger charge is 2.46. The van der Waals surface area contributed by atoms with Crippen molar-refractivity contribution in [3.05, 3.63) is 24.4 Å². The van der Waals surface area contributed by atoms with Crippen LogP contribution in [-0.2, 0) is 10.3 Å². The number of amides is 2. The number of urea groups is 1. The highest BCUT2D eigenvalue weighted by atomic mass is 16.7. The van der Waals surface area contributed by atoms with E-state index in [9.17, 15) is 4.79 Å². The molecule has 1 N–H and O–H groups in total. The first-order valence-corrected chi connectivity index (χ1v) is 6.08. The molecule has 0 bridgehead atoms. The van der Waals surface area contributed by atoms with E-state index in [0.29, 0.717) is 24.9 Å². The van der Waals surface area contributed by atoms with Crippen molar-refractivity contribution in [3.8, 4) is 0 Å². The Kier molecular flexibility index (Phi) is 3.57. The van der Waals surface area contributed by atoms with Gasteiger partial charge in [-0.1, -0.05) is 6.08 Å². The van der Waals surface area contributed by atoms with Crippen LogP contribution in [0.15, 0.2) is 17.1 Å². The average Bonchev–Trinajstić information content (AvgIpc) is 2.78. The summed E-state index contributed by atoms with van der Waals surface area (Å²) in [5.41, 5.74) is 2.10. The molecule has 1 fully saturated rings. The minimum absolute atomic E-state index is 0.227. The zero-order valence-corrected chi connectivity index (χ0v) is 11.3. The number of nitrogens with one attached hydrogen (secondary N) is 1. The molecule has 1 unspecified atom stereocenters. The Morgan fingerprint density at radius 2 is 2.32 bits per heavy atom. The highest BCUT2D eigenvalue weighted by molar-refractivity contribution is 5.74. The number of hydrogen-bond donors (Lipinski definition) is 1. The largest absolute Gasteiger partial charge is 0.425 e. The number of carbonyl (C=O) groups excluding carboxylic acids is 1. The first-order chi connectivity index (χ1) is 8.94. The number of aryl methyl sites for hydroxylation is 1. The van der Waals surface area contributed by atoms with E-state index in [0.717, 1.165) is 0 Å². The van der Waals surface area contributed by atoms with Gasteiger partial charge in [0.1, 0.15) is 6.10 Å². The second kappa shape index (κ2) is 5.00. The topological polar surface area (TPSA) is 80.5 Å². The molecule has 0 saturated carbocycles. The lowest BCUT2D eigenvalue weighted by Crippen LogP contribution is -2.62. The van der Waals surface area contributed by atoms with Gasteiger partial charge in [0.2, 0.25) is 11.8 Å². The third kappa shape index (κ3) is 2.76. The van der Waals surface area contributed by atoms with Crippen LogP contribution in [0.1, 0.15) is 25.6 Å². The predicted octanol–water partition coefficient (Wildman–Crippen LogP) is 1.17. The van der Waals surface area contributed by atoms with Crippen LogP contribution in [0.5, 0.6) is 0 Å². The number of hydroxylamine groups is 1. The number of nitrogens with zero attached hydrogens (tertiary/aromatic N) is 3. The van der Waals surface area contributed by atoms with Crippen LogP contribution in [0.25, 0.3) is 0 Å².